The molecule has 3 nitrogen and oxygen atoms in total. The van der Waals surface area contributed by atoms with Gasteiger partial charge in [-0.25, -0.2) is 0 Å². The van der Waals surface area contributed by atoms with E-state index in [0.29, 0.717) is 13.2 Å². The lowest BCUT2D eigenvalue weighted by molar-refractivity contribution is 0.0967. The summed E-state index contributed by atoms with van der Waals surface area (Å²) in [7, 11) is 0. The quantitative estimate of drug-likeness (QED) is 0.805. The lowest BCUT2D eigenvalue weighted by Crippen LogP contribution is -2.46. The molecule has 2 rings (SSSR count). The normalized spacial score (nSPS) is 17.1. The molecule has 1 aromatic rings. The van der Waals surface area contributed by atoms with Gasteiger partial charge in [-0.2, -0.15) is 0 Å². The Kier molecular flexibility index (Phi) is 4.71. The maximum atomic E-state index is 10.0. The van der Waals surface area contributed by atoms with E-state index in [-0.39, 0.29) is 5.54 Å². The van der Waals surface area contributed by atoms with Gasteiger partial charge in [-0.15, -0.1) is 0 Å². The molecule has 0 aromatic heterocycles. The third-order valence-corrected chi connectivity index (χ3v) is 4.15. The Morgan fingerprint density at radius 1 is 1.35 bits per heavy atom. The van der Waals surface area contributed by atoms with Crippen LogP contribution in [0.1, 0.15) is 37.8 Å². The Morgan fingerprint density at radius 3 is 2.65 bits per heavy atom. The molecule has 1 aliphatic carbocycles. The van der Waals surface area contributed by atoms with Crippen molar-refractivity contribution in [3.8, 4) is 5.75 Å². The molecular weight excluding hydrogens is 250 g/mol. The summed E-state index contributed by atoms with van der Waals surface area (Å²) in [5.41, 5.74) is 2.47. The van der Waals surface area contributed by atoms with E-state index in [1.54, 1.807) is 0 Å². The standard InChI is InChI=1S/C17H27NO2/c1-12-5-8-16(13(2)9-12)20-11-15(19)10-18-17(3,4)14-6-7-14/h5,8-9,14-15,18-19H,6-7,10-11H2,1-4H3. The van der Waals surface area contributed by atoms with Gasteiger partial charge in [0.05, 0.1) is 0 Å². The predicted molar refractivity (Wildman–Crippen MR) is 82.2 cm³/mol. The molecule has 0 aliphatic heterocycles. The lowest BCUT2D eigenvalue weighted by Gasteiger charge is -2.27. The molecule has 1 unspecified atom stereocenters. The van der Waals surface area contributed by atoms with Crippen molar-refractivity contribution in [2.75, 3.05) is 13.2 Å². The van der Waals surface area contributed by atoms with Crippen LogP contribution in [0.3, 0.4) is 0 Å². The molecular formula is C17H27NO2. The van der Waals surface area contributed by atoms with Crippen molar-refractivity contribution in [3.63, 3.8) is 0 Å². The first-order valence-electron chi connectivity index (χ1n) is 7.51. The fourth-order valence-electron chi connectivity index (χ4n) is 2.54. The van der Waals surface area contributed by atoms with Crippen molar-refractivity contribution >= 4 is 0 Å². The average Bonchev–Trinajstić information content (AvgIpc) is 3.20. The van der Waals surface area contributed by atoms with Crippen LogP contribution in [0, 0.1) is 19.8 Å². The molecule has 1 aromatic carbocycles. The molecule has 1 aliphatic rings. The van der Waals surface area contributed by atoms with Gasteiger partial charge in [0.15, 0.2) is 0 Å². The number of hydrogen-bond acceptors (Lipinski definition) is 3. The summed E-state index contributed by atoms with van der Waals surface area (Å²) in [6.45, 7) is 9.43. The summed E-state index contributed by atoms with van der Waals surface area (Å²) >= 11 is 0. The van der Waals surface area contributed by atoms with Crippen molar-refractivity contribution in [2.45, 2.75) is 52.2 Å². The van der Waals surface area contributed by atoms with Crippen molar-refractivity contribution in [1.29, 1.82) is 0 Å². The van der Waals surface area contributed by atoms with Crippen molar-refractivity contribution in [3.05, 3.63) is 29.3 Å². The zero-order valence-corrected chi connectivity index (χ0v) is 13.1. The molecule has 20 heavy (non-hydrogen) atoms. The van der Waals surface area contributed by atoms with Crippen LogP contribution in [0.2, 0.25) is 0 Å². The Bertz CT molecular complexity index is 452. The minimum absolute atomic E-state index is 0.126. The first-order chi connectivity index (χ1) is 9.38. The Labute approximate surface area is 122 Å². The second-order valence-electron chi connectivity index (χ2n) is 6.61. The number of aryl methyl sites for hydroxylation is 2. The van der Waals surface area contributed by atoms with E-state index in [1.807, 2.05) is 19.1 Å². The molecule has 3 heteroatoms. The number of aliphatic hydroxyl groups excluding tert-OH is 1. The molecule has 0 saturated heterocycles. The third kappa shape index (κ3) is 4.22. The molecule has 112 valence electrons. The molecule has 0 amide bonds. The van der Waals surface area contributed by atoms with E-state index < -0.39 is 6.10 Å². The second kappa shape index (κ2) is 6.15. The van der Waals surface area contributed by atoms with E-state index in [9.17, 15) is 5.11 Å². The summed E-state index contributed by atoms with van der Waals surface area (Å²) in [4.78, 5) is 0. The highest BCUT2D eigenvalue weighted by atomic mass is 16.5. The van der Waals surface area contributed by atoms with Gasteiger partial charge < -0.3 is 15.2 Å². The van der Waals surface area contributed by atoms with E-state index in [2.05, 4.69) is 32.2 Å². The Hall–Kier alpha value is -1.06. The fraction of sp³-hybridized carbons (Fsp3) is 0.647. The minimum Gasteiger partial charge on any atom is -0.491 e. The van der Waals surface area contributed by atoms with Crippen LogP contribution in [0.5, 0.6) is 5.75 Å². The lowest BCUT2D eigenvalue weighted by atomic mass is 9.98. The molecule has 0 spiro atoms. The summed E-state index contributed by atoms with van der Waals surface area (Å²) in [5.74, 6) is 1.62. The molecule has 0 heterocycles. The zero-order chi connectivity index (χ0) is 14.8. The average molecular weight is 277 g/mol. The zero-order valence-electron chi connectivity index (χ0n) is 13.1. The number of nitrogens with one attached hydrogen (secondary N) is 1. The van der Waals surface area contributed by atoms with Crippen LogP contribution >= 0.6 is 0 Å². The fourth-order valence-corrected chi connectivity index (χ4v) is 2.54. The smallest absolute Gasteiger partial charge is 0.122 e. The van der Waals surface area contributed by atoms with E-state index in [1.165, 1.54) is 18.4 Å². The van der Waals surface area contributed by atoms with Gasteiger partial charge in [0.2, 0.25) is 0 Å². The first-order valence-corrected chi connectivity index (χ1v) is 7.51. The Morgan fingerprint density at radius 2 is 2.05 bits per heavy atom. The monoisotopic (exact) mass is 277 g/mol. The van der Waals surface area contributed by atoms with Crippen molar-refractivity contribution < 1.29 is 9.84 Å². The highest BCUT2D eigenvalue weighted by Crippen LogP contribution is 2.39. The van der Waals surface area contributed by atoms with Crippen molar-refractivity contribution in [2.24, 2.45) is 5.92 Å². The van der Waals surface area contributed by atoms with Crippen LogP contribution in [-0.4, -0.2) is 29.9 Å². The second-order valence-corrected chi connectivity index (χ2v) is 6.61. The van der Waals surface area contributed by atoms with E-state index in [0.717, 1.165) is 17.2 Å². The van der Waals surface area contributed by atoms with Gasteiger partial charge in [0.25, 0.3) is 0 Å². The van der Waals surface area contributed by atoms with Crippen LogP contribution in [0.25, 0.3) is 0 Å². The molecule has 0 bridgehead atoms. The molecule has 0 radical (unpaired) electrons. The maximum absolute atomic E-state index is 10.0. The van der Waals surface area contributed by atoms with E-state index >= 15 is 0 Å². The molecule has 1 saturated carbocycles. The van der Waals surface area contributed by atoms with Crippen LogP contribution in [0.4, 0.5) is 0 Å². The van der Waals surface area contributed by atoms with Gasteiger partial charge in [-0.1, -0.05) is 17.7 Å². The molecule has 1 fully saturated rings. The highest BCUT2D eigenvalue weighted by Gasteiger charge is 2.37. The van der Waals surface area contributed by atoms with Crippen molar-refractivity contribution in [1.82, 2.24) is 5.32 Å². The maximum Gasteiger partial charge on any atom is 0.122 e. The number of ether oxygens (including phenoxy) is 1. The van der Waals surface area contributed by atoms with Crippen LogP contribution in [0.15, 0.2) is 18.2 Å². The van der Waals surface area contributed by atoms with E-state index in [4.69, 9.17) is 4.74 Å². The number of rotatable bonds is 7. The van der Waals surface area contributed by atoms with Gasteiger partial charge in [0, 0.05) is 12.1 Å². The summed E-state index contributed by atoms with van der Waals surface area (Å²) in [6, 6.07) is 6.10. The first kappa shape index (κ1) is 15.3. The van der Waals surface area contributed by atoms with Gasteiger partial charge in [-0.3, -0.25) is 0 Å². The topological polar surface area (TPSA) is 41.5 Å². The number of benzene rings is 1. The molecule has 1 atom stereocenters. The number of hydrogen-bond donors (Lipinski definition) is 2. The van der Waals surface area contributed by atoms with Gasteiger partial charge >= 0.3 is 0 Å². The van der Waals surface area contributed by atoms with Gasteiger partial charge in [-0.05, 0) is 58.1 Å². The Balaban J connectivity index is 1.75. The highest BCUT2D eigenvalue weighted by molar-refractivity contribution is 5.35. The van der Waals surface area contributed by atoms with Crippen LogP contribution < -0.4 is 10.1 Å². The summed E-state index contributed by atoms with van der Waals surface area (Å²) in [5, 5.41) is 13.5. The SMILES string of the molecule is Cc1ccc(OCC(O)CNC(C)(C)C2CC2)c(C)c1. The number of β-amino-alcohol motifs (C(OH)–C–C–N with tert-alkyl or cyclic N) is 1. The molecule has 2 N–H and O–H groups in total. The van der Waals surface area contributed by atoms with Crippen LogP contribution in [-0.2, 0) is 0 Å². The summed E-state index contributed by atoms with van der Waals surface area (Å²) < 4.78 is 5.70. The predicted octanol–water partition coefficient (Wildman–Crippen LogP) is 2.82. The minimum atomic E-state index is -0.478. The van der Waals surface area contributed by atoms with Gasteiger partial charge in [0.1, 0.15) is 18.5 Å². The largest absolute Gasteiger partial charge is 0.491 e. The summed E-state index contributed by atoms with van der Waals surface area (Å²) in [6.07, 6.45) is 2.12. The number of aliphatic hydroxyl groups is 1. The third-order valence-electron chi connectivity index (χ3n) is 4.15.